The van der Waals surface area contributed by atoms with Crippen LogP contribution in [0.1, 0.15) is 58.3 Å². The van der Waals surface area contributed by atoms with Crippen molar-refractivity contribution in [1.29, 1.82) is 5.26 Å². The lowest BCUT2D eigenvalue weighted by Crippen LogP contribution is -2.36. The number of nitriles is 1. The van der Waals surface area contributed by atoms with Crippen molar-refractivity contribution in [3.63, 3.8) is 0 Å². The summed E-state index contributed by atoms with van der Waals surface area (Å²) < 4.78 is 12.6. The van der Waals surface area contributed by atoms with E-state index in [1.807, 2.05) is 0 Å². The fourth-order valence-corrected chi connectivity index (χ4v) is 5.63. The summed E-state index contributed by atoms with van der Waals surface area (Å²) in [5.74, 6) is 0.759. The molecular formula is C14H23NOS. The summed E-state index contributed by atoms with van der Waals surface area (Å²) in [5, 5.41) is 9.79. The maximum Gasteiger partial charge on any atom is 0.0668 e. The first-order chi connectivity index (χ1) is 8.26. The topological polar surface area (TPSA) is 40.9 Å². The molecule has 0 heterocycles. The lowest BCUT2D eigenvalue weighted by molar-refractivity contribution is 0.312. The summed E-state index contributed by atoms with van der Waals surface area (Å²) >= 11 is 0. The Labute approximate surface area is 107 Å². The number of rotatable bonds is 3. The van der Waals surface area contributed by atoms with Crippen LogP contribution in [0.25, 0.3) is 0 Å². The highest BCUT2D eigenvalue weighted by molar-refractivity contribution is 7.86. The molecule has 2 saturated carbocycles. The minimum Gasteiger partial charge on any atom is -0.259 e. The number of hydrogen-bond acceptors (Lipinski definition) is 2. The molecule has 96 valence electrons. The van der Waals surface area contributed by atoms with Gasteiger partial charge in [-0.3, -0.25) is 4.21 Å². The maximum absolute atomic E-state index is 12.6. The zero-order valence-corrected chi connectivity index (χ0v) is 11.5. The van der Waals surface area contributed by atoms with Crippen LogP contribution in [-0.2, 0) is 10.8 Å². The van der Waals surface area contributed by atoms with E-state index in [0.717, 1.165) is 32.1 Å². The van der Waals surface area contributed by atoms with Gasteiger partial charge in [0.25, 0.3) is 0 Å². The van der Waals surface area contributed by atoms with E-state index in [9.17, 15) is 9.47 Å². The molecule has 0 bridgehead atoms. The summed E-state index contributed by atoms with van der Waals surface area (Å²) in [6.07, 6.45) is 9.05. The predicted molar refractivity (Wildman–Crippen MR) is 70.9 cm³/mol. The van der Waals surface area contributed by atoms with Crippen LogP contribution >= 0.6 is 0 Å². The summed E-state index contributed by atoms with van der Waals surface area (Å²) in [7, 11) is -0.757. The van der Waals surface area contributed by atoms with E-state index >= 15 is 0 Å². The Morgan fingerprint density at radius 3 is 2.53 bits per heavy atom. The standard InChI is InChI=1S/C14H23NOS/c1-2-11-7-8-12(10-15)14(9-11)17(16)13-5-3-4-6-13/h11-14H,2-9H2,1H3. The first-order valence-electron chi connectivity index (χ1n) is 7.05. The van der Waals surface area contributed by atoms with Crippen LogP contribution in [0.15, 0.2) is 0 Å². The van der Waals surface area contributed by atoms with Crippen molar-refractivity contribution in [2.24, 2.45) is 11.8 Å². The molecule has 4 unspecified atom stereocenters. The van der Waals surface area contributed by atoms with Gasteiger partial charge >= 0.3 is 0 Å². The molecule has 0 amide bonds. The quantitative estimate of drug-likeness (QED) is 0.773. The molecule has 17 heavy (non-hydrogen) atoms. The minimum atomic E-state index is -0.757. The fraction of sp³-hybridized carbons (Fsp3) is 0.929. The van der Waals surface area contributed by atoms with Gasteiger partial charge in [0.05, 0.1) is 17.2 Å². The average molecular weight is 253 g/mol. The predicted octanol–water partition coefficient (Wildman–Crippen LogP) is 3.40. The maximum atomic E-state index is 12.6. The average Bonchev–Trinajstić information content (AvgIpc) is 2.91. The summed E-state index contributed by atoms with van der Waals surface area (Å²) in [6.45, 7) is 2.22. The van der Waals surface area contributed by atoms with E-state index in [-0.39, 0.29) is 11.2 Å². The van der Waals surface area contributed by atoms with Crippen molar-refractivity contribution in [3.8, 4) is 6.07 Å². The van der Waals surface area contributed by atoms with E-state index in [1.54, 1.807) is 0 Å². The monoisotopic (exact) mass is 253 g/mol. The second-order valence-electron chi connectivity index (χ2n) is 5.60. The lowest BCUT2D eigenvalue weighted by atomic mass is 9.81. The SMILES string of the molecule is CCC1CCC(C#N)C(S(=O)C2CCCC2)C1. The highest BCUT2D eigenvalue weighted by atomic mass is 32.2. The molecule has 0 aromatic rings. The Balaban J connectivity index is 2.04. The molecule has 0 N–H and O–H groups in total. The van der Waals surface area contributed by atoms with Gasteiger partial charge in [-0.25, -0.2) is 0 Å². The zero-order valence-electron chi connectivity index (χ0n) is 10.7. The van der Waals surface area contributed by atoms with Gasteiger partial charge in [-0.2, -0.15) is 5.26 Å². The largest absolute Gasteiger partial charge is 0.259 e. The van der Waals surface area contributed by atoms with Gasteiger partial charge in [0.1, 0.15) is 0 Å². The molecule has 0 aliphatic heterocycles. The van der Waals surface area contributed by atoms with Crippen LogP contribution in [0.5, 0.6) is 0 Å². The molecule has 3 heteroatoms. The number of nitrogens with zero attached hydrogens (tertiary/aromatic N) is 1. The zero-order chi connectivity index (χ0) is 12.3. The van der Waals surface area contributed by atoms with Crippen LogP contribution in [0.2, 0.25) is 0 Å². The van der Waals surface area contributed by atoms with E-state index < -0.39 is 10.8 Å². The van der Waals surface area contributed by atoms with Crippen molar-refractivity contribution in [3.05, 3.63) is 0 Å². The lowest BCUT2D eigenvalue weighted by Gasteiger charge is -2.33. The van der Waals surface area contributed by atoms with Crippen LogP contribution in [-0.4, -0.2) is 14.7 Å². The Morgan fingerprint density at radius 2 is 1.94 bits per heavy atom. The number of hydrogen-bond donors (Lipinski definition) is 0. The molecule has 2 nitrogen and oxygen atoms in total. The molecule has 0 aromatic heterocycles. The van der Waals surface area contributed by atoms with Crippen molar-refractivity contribution in [1.82, 2.24) is 0 Å². The second-order valence-corrected chi connectivity index (χ2v) is 7.53. The van der Waals surface area contributed by atoms with Gasteiger partial charge in [0.15, 0.2) is 0 Å². The van der Waals surface area contributed by atoms with E-state index in [4.69, 9.17) is 0 Å². The van der Waals surface area contributed by atoms with Gasteiger partial charge < -0.3 is 0 Å². The Hall–Kier alpha value is -0.360. The molecule has 2 aliphatic rings. The van der Waals surface area contributed by atoms with Gasteiger partial charge in [-0.15, -0.1) is 0 Å². The van der Waals surface area contributed by atoms with Crippen LogP contribution < -0.4 is 0 Å². The minimum absolute atomic E-state index is 0.0548. The third kappa shape index (κ3) is 2.91. The normalized spacial score (nSPS) is 36.6. The molecular weight excluding hydrogens is 230 g/mol. The van der Waals surface area contributed by atoms with Crippen LogP contribution in [0.4, 0.5) is 0 Å². The van der Waals surface area contributed by atoms with E-state index in [1.165, 1.54) is 19.3 Å². The van der Waals surface area contributed by atoms with Gasteiger partial charge in [-0.1, -0.05) is 26.2 Å². The third-order valence-electron chi connectivity index (χ3n) is 4.57. The Kier molecular flexibility index (Phi) is 4.62. The smallest absolute Gasteiger partial charge is 0.0668 e. The summed E-state index contributed by atoms with van der Waals surface area (Å²) in [5.41, 5.74) is 0. The molecule has 0 radical (unpaired) electrons. The van der Waals surface area contributed by atoms with E-state index in [0.29, 0.717) is 11.2 Å². The Bertz CT molecular complexity index is 317. The van der Waals surface area contributed by atoms with Crippen LogP contribution in [0, 0.1) is 23.2 Å². The summed E-state index contributed by atoms with van der Waals surface area (Å²) in [4.78, 5) is 0. The van der Waals surface area contributed by atoms with Gasteiger partial charge in [-0.05, 0) is 38.0 Å². The summed E-state index contributed by atoms with van der Waals surface area (Å²) in [6, 6.07) is 2.41. The second kappa shape index (κ2) is 6.00. The van der Waals surface area contributed by atoms with Crippen molar-refractivity contribution in [2.45, 2.75) is 68.8 Å². The first kappa shape index (κ1) is 13.1. The van der Waals surface area contributed by atoms with Gasteiger partial charge in [0.2, 0.25) is 0 Å². The van der Waals surface area contributed by atoms with Crippen molar-refractivity contribution >= 4 is 10.8 Å². The molecule has 0 spiro atoms. The Morgan fingerprint density at radius 1 is 1.24 bits per heavy atom. The molecule has 4 atom stereocenters. The van der Waals surface area contributed by atoms with E-state index in [2.05, 4.69) is 13.0 Å². The molecule has 0 aromatic carbocycles. The third-order valence-corrected chi connectivity index (χ3v) is 6.82. The van der Waals surface area contributed by atoms with Crippen molar-refractivity contribution in [2.75, 3.05) is 0 Å². The first-order valence-corrected chi connectivity index (χ1v) is 8.32. The van der Waals surface area contributed by atoms with Crippen molar-refractivity contribution < 1.29 is 4.21 Å². The molecule has 2 rings (SSSR count). The van der Waals surface area contributed by atoms with Crippen LogP contribution in [0.3, 0.4) is 0 Å². The molecule has 2 fully saturated rings. The highest BCUT2D eigenvalue weighted by Gasteiger charge is 2.37. The van der Waals surface area contributed by atoms with Gasteiger partial charge in [0, 0.05) is 16.0 Å². The molecule has 0 saturated heterocycles. The highest BCUT2D eigenvalue weighted by Crippen LogP contribution is 2.37. The fourth-order valence-electron chi connectivity index (χ4n) is 3.35. The molecule has 2 aliphatic carbocycles.